The predicted molar refractivity (Wildman–Crippen MR) is 70.7 cm³/mol. The van der Waals surface area contributed by atoms with Gasteiger partial charge in [0.25, 0.3) is 5.56 Å². The van der Waals surface area contributed by atoms with Crippen LogP contribution < -0.4 is 11.3 Å². The summed E-state index contributed by atoms with van der Waals surface area (Å²) in [6.07, 6.45) is 1.44. The maximum absolute atomic E-state index is 12.3. The number of anilines is 1. The second-order valence-corrected chi connectivity index (χ2v) is 4.92. The van der Waals surface area contributed by atoms with Crippen LogP contribution in [0.15, 0.2) is 28.6 Å². The normalized spacial score (nSPS) is 12.9. The van der Waals surface area contributed by atoms with E-state index in [9.17, 15) is 4.79 Å². The molecule has 0 saturated heterocycles. The van der Waals surface area contributed by atoms with Gasteiger partial charge in [0.05, 0.1) is 12.4 Å². The number of imidazole rings is 1. The Morgan fingerprint density at radius 3 is 3.11 bits per heavy atom. The van der Waals surface area contributed by atoms with Crippen LogP contribution in [0, 0.1) is 0 Å². The molecule has 3 N–H and O–H groups in total. The summed E-state index contributed by atoms with van der Waals surface area (Å²) in [7, 11) is 0. The van der Waals surface area contributed by atoms with Gasteiger partial charge in [-0.05, 0) is 18.4 Å². The molecule has 0 spiro atoms. The molecular weight excluding hydrogens is 250 g/mol. The Kier molecular flexibility index (Phi) is 2.41. The van der Waals surface area contributed by atoms with E-state index in [1.54, 1.807) is 11.3 Å². The van der Waals surface area contributed by atoms with Crippen molar-refractivity contribution in [1.29, 1.82) is 0 Å². The van der Waals surface area contributed by atoms with Gasteiger partial charge >= 0.3 is 0 Å². The second kappa shape index (κ2) is 3.95. The average molecular weight is 261 g/mol. The first kappa shape index (κ1) is 11.0. The number of thiophene rings is 1. The summed E-state index contributed by atoms with van der Waals surface area (Å²) in [5.41, 5.74) is 6.38. The van der Waals surface area contributed by atoms with Gasteiger partial charge < -0.3 is 10.7 Å². The lowest BCUT2D eigenvalue weighted by molar-refractivity contribution is 0.629. The van der Waals surface area contributed by atoms with Crippen molar-refractivity contribution in [3.05, 3.63) is 39.1 Å². The van der Waals surface area contributed by atoms with Crippen LogP contribution in [0.5, 0.6) is 0 Å². The molecule has 0 fully saturated rings. The molecule has 3 rings (SSSR count). The SMILES string of the molecule is CC(c1cccs1)n1c(N)nc2[nH]cnc2c1=O. The van der Waals surface area contributed by atoms with Crippen LogP contribution in [0.4, 0.5) is 5.95 Å². The van der Waals surface area contributed by atoms with Crippen molar-refractivity contribution in [2.24, 2.45) is 0 Å². The first-order valence-corrected chi connectivity index (χ1v) is 6.31. The summed E-state index contributed by atoms with van der Waals surface area (Å²) in [6.45, 7) is 1.92. The first-order chi connectivity index (χ1) is 8.68. The molecule has 0 amide bonds. The minimum absolute atomic E-state index is 0.147. The minimum atomic E-state index is -0.223. The highest BCUT2D eigenvalue weighted by atomic mass is 32.1. The van der Waals surface area contributed by atoms with Crippen molar-refractivity contribution >= 4 is 28.4 Å². The van der Waals surface area contributed by atoms with Crippen LogP contribution in [-0.4, -0.2) is 19.5 Å². The highest BCUT2D eigenvalue weighted by Gasteiger charge is 2.17. The number of H-pyrrole nitrogens is 1. The van der Waals surface area contributed by atoms with Gasteiger partial charge in [0.2, 0.25) is 5.95 Å². The zero-order valence-electron chi connectivity index (χ0n) is 9.62. The number of nitrogen functional groups attached to an aromatic ring is 1. The van der Waals surface area contributed by atoms with E-state index < -0.39 is 0 Å². The van der Waals surface area contributed by atoms with Crippen LogP contribution in [0.25, 0.3) is 11.2 Å². The lowest BCUT2D eigenvalue weighted by atomic mass is 10.2. The Hall–Kier alpha value is -2.15. The fourth-order valence-corrected chi connectivity index (χ4v) is 2.72. The van der Waals surface area contributed by atoms with Crippen LogP contribution in [0.3, 0.4) is 0 Å². The smallest absolute Gasteiger partial charge is 0.283 e. The second-order valence-electron chi connectivity index (χ2n) is 3.94. The van der Waals surface area contributed by atoms with Crippen molar-refractivity contribution in [2.45, 2.75) is 13.0 Å². The van der Waals surface area contributed by atoms with Crippen LogP contribution in [-0.2, 0) is 0 Å². The van der Waals surface area contributed by atoms with E-state index in [1.807, 2.05) is 24.4 Å². The van der Waals surface area contributed by atoms with Gasteiger partial charge in [0, 0.05) is 4.88 Å². The third-order valence-electron chi connectivity index (χ3n) is 2.86. The average Bonchev–Trinajstić information content (AvgIpc) is 2.98. The maximum Gasteiger partial charge on any atom is 0.283 e. The van der Waals surface area contributed by atoms with E-state index in [0.29, 0.717) is 11.2 Å². The van der Waals surface area contributed by atoms with Gasteiger partial charge in [-0.15, -0.1) is 11.3 Å². The van der Waals surface area contributed by atoms with Crippen molar-refractivity contribution in [3.63, 3.8) is 0 Å². The number of nitrogens with one attached hydrogen (secondary N) is 1. The molecular formula is C11H11N5OS. The van der Waals surface area contributed by atoms with E-state index in [4.69, 9.17) is 5.73 Å². The Morgan fingerprint density at radius 1 is 1.56 bits per heavy atom. The van der Waals surface area contributed by atoms with E-state index in [0.717, 1.165) is 4.88 Å². The molecule has 0 aliphatic heterocycles. The number of rotatable bonds is 2. The van der Waals surface area contributed by atoms with Crippen molar-refractivity contribution in [3.8, 4) is 0 Å². The van der Waals surface area contributed by atoms with Crippen LogP contribution >= 0.6 is 11.3 Å². The molecule has 92 valence electrons. The zero-order valence-corrected chi connectivity index (χ0v) is 10.4. The van der Waals surface area contributed by atoms with Gasteiger partial charge in [-0.2, -0.15) is 4.98 Å². The molecule has 6 nitrogen and oxygen atoms in total. The molecule has 0 saturated carbocycles. The first-order valence-electron chi connectivity index (χ1n) is 5.43. The Balaban J connectivity index is 2.25. The fourth-order valence-electron chi connectivity index (χ4n) is 1.95. The Bertz CT molecular complexity index is 742. The zero-order chi connectivity index (χ0) is 12.7. The molecule has 1 unspecified atom stereocenters. The van der Waals surface area contributed by atoms with Gasteiger partial charge in [-0.25, -0.2) is 4.98 Å². The summed E-state index contributed by atoms with van der Waals surface area (Å²) in [4.78, 5) is 24.3. The molecule has 0 aliphatic carbocycles. The number of hydrogen-bond acceptors (Lipinski definition) is 5. The standard InChI is InChI=1S/C11H11N5OS/c1-6(7-3-2-4-18-7)16-10(17)8-9(14-5-13-8)15-11(16)12/h2-6H,1H3,(H2,12,15)(H,13,14). The topological polar surface area (TPSA) is 89.6 Å². The maximum atomic E-state index is 12.3. The summed E-state index contributed by atoms with van der Waals surface area (Å²) >= 11 is 1.58. The summed E-state index contributed by atoms with van der Waals surface area (Å²) in [5, 5.41) is 1.97. The highest BCUT2D eigenvalue weighted by Crippen LogP contribution is 2.23. The fraction of sp³-hybridized carbons (Fsp3) is 0.182. The molecule has 1 atom stereocenters. The number of aromatic nitrogens is 4. The quantitative estimate of drug-likeness (QED) is 0.729. The van der Waals surface area contributed by atoms with Crippen molar-refractivity contribution in [1.82, 2.24) is 19.5 Å². The van der Waals surface area contributed by atoms with E-state index in [1.165, 1.54) is 10.9 Å². The molecule has 3 heterocycles. The molecule has 7 heteroatoms. The largest absolute Gasteiger partial charge is 0.369 e. The van der Waals surface area contributed by atoms with E-state index >= 15 is 0 Å². The molecule has 18 heavy (non-hydrogen) atoms. The number of fused-ring (bicyclic) bond motifs is 1. The Labute approximate surface area is 106 Å². The molecule has 0 bridgehead atoms. The van der Waals surface area contributed by atoms with Gasteiger partial charge in [-0.1, -0.05) is 6.07 Å². The van der Waals surface area contributed by atoms with E-state index in [2.05, 4.69) is 15.0 Å². The monoisotopic (exact) mass is 261 g/mol. The molecule has 3 aromatic rings. The third-order valence-corrected chi connectivity index (χ3v) is 3.90. The highest BCUT2D eigenvalue weighted by molar-refractivity contribution is 7.10. The minimum Gasteiger partial charge on any atom is -0.369 e. The summed E-state index contributed by atoms with van der Waals surface area (Å²) in [5.74, 6) is 0.192. The number of nitrogens with two attached hydrogens (primary N) is 1. The predicted octanol–water partition coefficient (Wildman–Crippen LogP) is 1.37. The van der Waals surface area contributed by atoms with Gasteiger partial charge in [0.1, 0.15) is 0 Å². The molecule has 0 aromatic carbocycles. The summed E-state index contributed by atoms with van der Waals surface area (Å²) < 4.78 is 1.47. The van der Waals surface area contributed by atoms with Gasteiger partial charge in [0.15, 0.2) is 11.2 Å². The molecule has 0 aliphatic rings. The lowest BCUT2D eigenvalue weighted by Crippen LogP contribution is -2.27. The number of aromatic amines is 1. The third kappa shape index (κ3) is 1.52. The van der Waals surface area contributed by atoms with E-state index in [-0.39, 0.29) is 17.5 Å². The van der Waals surface area contributed by atoms with Crippen molar-refractivity contribution in [2.75, 3.05) is 5.73 Å². The lowest BCUT2D eigenvalue weighted by Gasteiger charge is -2.15. The van der Waals surface area contributed by atoms with Crippen LogP contribution in [0.1, 0.15) is 17.8 Å². The number of nitrogens with zero attached hydrogens (tertiary/aromatic N) is 3. The number of hydrogen-bond donors (Lipinski definition) is 2. The Morgan fingerprint density at radius 2 is 2.39 bits per heavy atom. The summed E-state index contributed by atoms with van der Waals surface area (Å²) in [6, 6.07) is 3.76. The van der Waals surface area contributed by atoms with Crippen LogP contribution in [0.2, 0.25) is 0 Å². The van der Waals surface area contributed by atoms with Gasteiger partial charge in [-0.3, -0.25) is 9.36 Å². The molecule has 0 radical (unpaired) electrons. The van der Waals surface area contributed by atoms with Crippen molar-refractivity contribution < 1.29 is 0 Å². The molecule has 3 aromatic heterocycles.